The van der Waals surface area contributed by atoms with E-state index in [1.165, 1.54) is 5.56 Å². The molecule has 0 spiro atoms. The molecule has 3 nitrogen and oxygen atoms in total. The second kappa shape index (κ2) is 7.45. The smallest absolute Gasteiger partial charge is 0.225 e. The van der Waals surface area contributed by atoms with Crippen LogP contribution in [0.5, 0.6) is 0 Å². The molecule has 0 heterocycles. The van der Waals surface area contributed by atoms with Gasteiger partial charge in [0.05, 0.1) is 12.5 Å². The van der Waals surface area contributed by atoms with E-state index >= 15 is 0 Å². The Balaban J connectivity index is 2.32. The summed E-state index contributed by atoms with van der Waals surface area (Å²) in [7, 11) is 0. The van der Waals surface area contributed by atoms with Gasteiger partial charge in [-0.25, -0.2) is 0 Å². The Morgan fingerprint density at radius 3 is 2.59 bits per heavy atom. The van der Waals surface area contributed by atoms with Crippen LogP contribution in [0.2, 0.25) is 0 Å². The van der Waals surface area contributed by atoms with Crippen molar-refractivity contribution in [1.29, 1.82) is 0 Å². The zero-order valence-corrected chi connectivity index (χ0v) is 11.5. The van der Waals surface area contributed by atoms with E-state index < -0.39 is 0 Å². The zero-order chi connectivity index (χ0) is 12.7. The van der Waals surface area contributed by atoms with Gasteiger partial charge in [0.25, 0.3) is 0 Å². The molecule has 1 amide bonds. The van der Waals surface area contributed by atoms with Crippen LogP contribution in [-0.2, 0) is 11.2 Å². The first-order valence-corrected chi connectivity index (χ1v) is 6.59. The monoisotopic (exact) mass is 299 g/mol. The fourth-order valence-corrected chi connectivity index (χ4v) is 1.79. The second-order valence-electron chi connectivity index (χ2n) is 3.96. The number of aliphatic hydroxyl groups is 1. The third-order valence-electron chi connectivity index (χ3n) is 2.71. The fraction of sp³-hybridized carbons (Fsp3) is 0.462. The molecular weight excluding hydrogens is 282 g/mol. The number of hydrogen-bond acceptors (Lipinski definition) is 2. The zero-order valence-electron chi connectivity index (χ0n) is 9.95. The van der Waals surface area contributed by atoms with E-state index in [1.807, 2.05) is 31.2 Å². The van der Waals surface area contributed by atoms with E-state index in [-0.39, 0.29) is 18.4 Å². The lowest BCUT2D eigenvalue weighted by Gasteiger charge is -2.12. The van der Waals surface area contributed by atoms with Crippen LogP contribution in [0.4, 0.5) is 0 Å². The van der Waals surface area contributed by atoms with Crippen molar-refractivity contribution >= 4 is 21.8 Å². The highest BCUT2D eigenvalue weighted by Gasteiger charge is 2.13. The average molecular weight is 300 g/mol. The SMILES string of the molecule is CCC(CO)C(=O)NCCc1ccc(Br)cc1. The molecule has 0 bridgehead atoms. The number of carbonyl (C=O) groups excluding carboxylic acids is 1. The van der Waals surface area contributed by atoms with Crippen molar-refractivity contribution in [2.24, 2.45) is 5.92 Å². The van der Waals surface area contributed by atoms with Gasteiger partial charge in [-0.1, -0.05) is 35.0 Å². The van der Waals surface area contributed by atoms with Crippen LogP contribution in [0, 0.1) is 5.92 Å². The third kappa shape index (κ3) is 4.88. The maximum Gasteiger partial charge on any atom is 0.225 e. The van der Waals surface area contributed by atoms with Crippen LogP contribution in [-0.4, -0.2) is 24.2 Å². The minimum Gasteiger partial charge on any atom is -0.396 e. The van der Waals surface area contributed by atoms with Gasteiger partial charge in [-0.15, -0.1) is 0 Å². The molecule has 0 saturated carbocycles. The molecule has 0 radical (unpaired) electrons. The molecule has 0 aromatic heterocycles. The number of aliphatic hydroxyl groups excluding tert-OH is 1. The Morgan fingerprint density at radius 1 is 1.41 bits per heavy atom. The quantitative estimate of drug-likeness (QED) is 0.845. The molecule has 17 heavy (non-hydrogen) atoms. The Labute approximate surface area is 110 Å². The molecule has 1 rings (SSSR count). The van der Waals surface area contributed by atoms with E-state index in [2.05, 4.69) is 21.2 Å². The number of benzene rings is 1. The van der Waals surface area contributed by atoms with Gasteiger partial charge in [0, 0.05) is 11.0 Å². The molecule has 1 aromatic rings. The lowest BCUT2D eigenvalue weighted by molar-refractivity contribution is -0.126. The van der Waals surface area contributed by atoms with Gasteiger partial charge in [0.1, 0.15) is 0 Å². The van der Waals surface area contributed by atoms with Crippen molar-refractivity contribution in [2.45, 2.75) is 19.8 Å². The minimum atomic E-state index is -0.278. The first-order valence-electron chi connectivity index (χ1n) is 5.80. The number of rotatable bonds is 6. The average Bonchev–Trinajstić information content (AvgIpc) is 2.33. The van der Waals surface area contributed by atoms with Gasteiger partial charge in [-0.2, -0.15) is 0 Å². The van der Waals surface area contributed by atoms with E-state index in [4.69, 9.17) is 5.11 Å². The molecule has 2 N–H and O–H groups in total. The standard InChI is InChI=1S/C13H18BrNO2/c1-2-11(9-16)13(17)15-8-7-10-3-5-12(14)6-4-10/h3-6,11,16H,2,7-9H2,1H3,(H,15,17). The van der Waals surface area contributed by atoms with Crippen LogP contribution < -0.4 is 5.32 Å². The van der Waals surface area contributed by atoms with Crippen LogP contribution in [0.3, 0.4) is 0 Å². The summed E-state index contributed by atoms with van der Waals surface area (Å²) in [5.74, 6) is -0.341. The van der Waals surface area contributed by atoms with E-state index in [0.717, 1.165) is 10.9 Å². The van der Waals surface area contributed by atoms with Gasteiger partial charge >= 0.3 is 0 Å². The number of halogens is 1. The second-order valence-corrected chi connectivity index (χ2v) is 4.87. The number of carbonyl (C=O) groups is 1. The third-order valence-corrected chi connectivity index (χ3v) is 3.24. The largest absolute Gasteiger partial charge is 0.396 e. The predicted molar refractivity (Wildman–Crippen MR) is 71.7 cm³/mol. The molecule has 1 atom stereocenters. The molecule has 1 unspecified atom stereocenters. The van der Waals surface area contributed by atoms with Crippen molar-refractivity contribution < 1.29 is 9.90 Å². The Kier molecular flexibility index (Phi) is 6.22. The molecule has 4 heteroatoms. The number of nitrogens with one attached hydrogen (secondary N) is 1. The van der Waals surface area contributed by atoms with Crippen LogP contribution in [0.1, 0.15) is 18.9 Å². The van der Waals surface area contributed by atoms with Gasteiger partial charge in [0.2, 0.25) is 5.91 Å². The normalized spacial score (nSPS) is 12.2. The number of hydrogen-bond donors (Lipinski definition) is 2. The van der Waals surface area contributed by atoms with Gasteiger partial charge in [-0.05, 0) is 30.5 Å². The fourth-order valence-electron chi connectivity index (χ4n) is 1.52. The highest BCUT2D eigenvalue weighted by Crippen LogP contribution is 2.10. The van der Waals surface area contributed by atoms with Crippen LogP contribution >= 0.6 is 15.9 Å². The summed E-state index contributed by atoms with van der Waals surface area (Å²) in [6, 6.07) is 8.03. The summed E-state index contributed by atoms with van der Waals surface area (Å²) in [5.41, 5.74) is 1.19. The van der Waals surface area contributed by atoms with Gasteiger partial charge < -0.3 is 10.4 Å². The van der Waals surface area contributed by atoms with Gasteiger partial charge in [0.15, 0.2) is 0 Å². The maximum absolute atomic E-state index is 11.6. The summed E-state index contributed by atoms with van der Waals surface area (Å²) in [4.78, 5) is 11.6. The lowest BCUT2D eigenvalue weighted by atomic mass is 10.1. The van der Waals surface area contributed by atoms with Crippen molar-refractivity contribution in [3.8, 4) is 0 Å². The van der Waals surface area contributed by atoms with Gasteiger partial charge in [-0.3, -0.25) is 4.79 Å². The summed E-state index contributed by atoms with van der Waals surface area (Å²) in [6.07, 6.45) is 1.47. The first-order chi connectivity index (χ1) is 8.17. The summed E-state index contributed by atoms with van der Waals surface area (Å²) in [5, 5.41) is 11.8. The minimum absolute atomic E-state index is 0.0629. The summed E-state index contributed by atoms with van der Waals surface area (Å²) in [6.45, 7) is 2.42. The van der Waals surface area contributed by atoms with E-state index in [9.17, 15) is 4.79 Å². The summed E-state index contributed by atoms with van der Waals surface area (Å²) < 4.78 is 1.05. The van der Waals surface area contributed by atoms with E-state index in [0.29, 0.717) is 13.0 Å². The Hall–Kier alpha value is -0.870. The van der Waals surface area contributed by atoms with Crippen molar-refractivity contribution in [3.63, 3.8) is 0 Å². The topological polar surface area (TPSA) is 49.3 Å². The molecule has 0 fully saturated rings. The molecular formula is C13H18BrNO2. The highest BCUT2D eigenvalue weighted by molar-refractivity contribution is 9.10. The lowest BCUT2D eigenvalue weighted by Crippen LogP contribution is -2.33. The Bertz CT molecular complexity index is 347. The van der Waals surface area contributed by atoms with E-state index in [1.54, 1.807) is 0 Å². The predicted octanol–water partition coefficient (Wildman–Crippen LogP) is 2.13. The Morgan fingerprint density at radius 2 is 2.06 bits per heavy atom. The molecule has 0 aliphatic heterocycles. The molecule has 94 valence electrons. The molecule has 0 aliphatic rings. The van der Waals surface area contributed by atoms with Crippen LogP contribution in [0.15, 0.2) is 28.7 Å². The highest BCUT2D eigenvalue weighted by atomic mass is 79.9. The summed E-state index contributed by atoms with van der Waals surface area (Å²) >= 11 is 3.38. The van der Waals surface area contributed by atoms with Crippen molar-refractivity contribution in [2.75, 3.05) is 13.2 Å². The van der Waals surface area contributed by atoms with Crippen molar-refractivity contribution in [1.82, 2.24) is 5.32 Å². The van der Waals surface area contributed by atoms with Crippen LogP contribution in [0.25, 0.3) is 0 Å². The van der Waals surface area contributed by atoms with Crippen molar-refractivity contribution in [3.05, 3.63) is 34.3 Å². The maximum atomic E-state index is 11.6. The molecule has 0 aliphatic carbocycles. The molecule has 1 aromatic carbocycles. The number of amides is 1. The first kappa shape index (κ1) is 14.2. The molecule has 0 saturated heterocycles.